The molecule has 0 aromatic rings. The number of carbonyl (C=O) groups excluding carboxylic acids is 1. The molecule has 1 N–H and O–H groups in total. The van der Waals surface area contributed by atoms with Crippen LogP contribution < -0.4 is 35.0 Å². The molecule has 3 nitrogen and oxygen atoms in total. The van der Waals surface area contributed by atoms with Gasteiger partial charge in [-0.1, -0.05) is 76.5 Å². The van der Waals surface area contributed by atoms with E-state index >= 15 is 0 Å². The second-order valence-electron chi connectivity index (χ2n) is 4.63. The zero-order valence-corrected chi connectivity index (χ0v) is 16.6. The Morgan fingerprint density at radius 2 is 1.60 bits per heavy atom. The van der Waals surface area contributed by atoms with Crippen LogP contribution in [0.2, 0.25) is 0 Å². The number of hydrogen-bond donors (Lipinski definition) is 1. The molecule has 0 aliphatic rings. The van der Waals surface area contributed by atoms with E-state index in [0.29, 0.717) is 10.8 Å². The standard InChI is InChI=1S/C14H27NO2S2.Na.H/c1-2-3-4-5-6-7-8-9-10-11-12-19-14(18)15-17-13-16;;/h13H,2-12H2,1H3,(H,15,18);;/q;+1;-1. The molecular weight excluding hydrogens is 301 g/mol. The third-order valence-electron chi connectivity index (χ3n) is 2.92. The first-order chi connectivity index (χ1) is 9.31. The number of carbonyl (C=O) groups is 1. The molecule has 0 aromatic carbocycles. The third kappa shape index (κ3) is 18.7. The van der Waals surface area contributed by atoms with Crippen molar-refractivity contribution in [2.45, 2.75) is 71.1 Å². The van der Waals surface area contributed by atoms with Gasteiger partial charge in [0.1, 0.15) is 0 Å². The molecular formula is C14H28NNaO2S2. The first kappa shape index (κ1) is 23.0. The smallest absolute Gasteiger partial charge is 1.00 e. The summed E-state index contributed by atoms with van der Waals surface area (Å²) in [5.74, 6) is 0.991. The van der Waals surface area contributed by atoms with Gasteiger partial charge in [0.25, 0.3) is 0 Å². The maximum absolute atomic E-state index is 9.92. The second-order valence-corrected chi connectivity index (χ2v) is 6.41. The normalized spacial score (nSPS) is 9.65. The van der Waals surface area contributed by atoms with E-state index in [1.807, 2.05) is 0 Å². The Morgan fingerprint density at radius 3 is 2.10 bits per heavy atom. The number of rotatable bonds is 13. The van der Waals surface area contributed by atoms with Crippen molar-refractivity contribution in [2.24, 2.45) is 0 Å². The fourth-order valence-electron chi connectivity index (χ4n) is 1.86. The molecule has 20 heavy (non-hydrogen) atoms. The Bertz CT molecular complexity index is 237. The molecule has 0 aliphatic carbocycles. The molecule has 0 rings (SSSR count). The Kier molecular flexibility index (Phi) is 22.6. The van der Waals surface area contributed by atoms with E-state index in [4.69, 9.17) is 12.2 Å². The Balaban J connectivity index is -0.00000162. The molecule has 0 aliphatic heterocycles. The van der Waals surface area contributed by atoms with E-state index in [1.54, 1.807) is 0 Å². The van der Waals surface area contributed by atoms with E-state index in [1.165, 1.54) is 76.0 Å². The molecule has 0 bridgehead atoms. The van der Waals surface area contributed by atoms with E-state index in [-0.39, 0.29) is 31.0 Å². The van der Waals surface area contributed by atoms with Crippen molar-refractivity contribution in [1.82, 2.24) is 5.48 Å². The van der Waals surface area contributed by atoms with Crippen molar-refractivity contribution in [2.75, 3.05) is 5.75 Å². The maximum atomic E-state index is 9.92. The van der Waals surface area contributed by atoms with Crippen molar-refractivity contribution >= 4 is 34.8 Å². The molecule has 0 radical (unpaired) electrons. The molecule has 0 fully saturated rings. The Labute approximate surface area is 157 Å². The van der Waals surface area contributed by atoms with Gasteiger partial charge in [-0.3, -0.25) is 4.79 Å². The van der Waals surface area contributed by atoms with Gasteiger partial charge in [0.15, 0.2) is 4.32 Å². The summed E-state index contributed by atoms with van der Waals surface area (Å²) in [7, 11) is 0. The van der Waals surface area contributed by atoms with Crippen molar-refractivity contribution in [3.05, 3.63) is 0 Å². The molecule has 0 saturated heterocycles. The van der Waals surface area contributed by atoms with Crippen LogP contribution in [0.25, 0.3) is 0 Å². The van der Waals surface area contributed by atoms with Gasteiger partial charge in [-0.2, -0.15) is 0 Å². The molecule has 114 valence electrons. The summed E-state index contributed by atoms with van der Waals surface area (Å²) in [6.07, 6.45) is 13.4. The second kappa shape index (κ2) is 19.7. The average Bonchev–Trinajstić information content (AvgIpc) is 2.42. The van der Waals surface area contributed by atoms with Crippen LogP contribution in [0.1, 0.15) is 72.6 Å². The molecule has 6 heteroatoms. The van der Waals surface area contributed by atoms with Crippen molar-refractivity contribution in [3.63, 3.8) is 0 Å². The number of unbranched alkanes of at least 4 members (excludes halogenated alkanes) is 9. The van der Waals surface area contributed by atoms with Crippen LogP contribution in [0.15, 0.2) is 0 Å². The van der Waals surface area contributed by atoms with Gasteiger partial charge in [-0.05, 0) is 18.6 Å². The van der Waals surface area contributed by atoms with Gasteiger partial charge in [-0.15, -0.1) is 0 Å². The fourth-order valence-corrected chi connectivity index (χ4v) is 2.80. The number of hydrogen-bond acceptors (Lipinski definition) is 4. The number of hydroxylamine groups is 1. The van der Waals surface area contributed by atoms with Crippen LogP contribution in [0.5, 0.6) is 0 Å². The number of thiocarbonyl (C=S) groups is 1. The van der Waals surface area contributed by atoms with E-state index in [0.717, 1.165) is 5.75 Å². The largest absolute Gasteiger partial charge is 1.00 e. The minimum absolute atomic E-state index is 0. The first-order valence-corrected chi connectivity index (χ1v) is 8.72. The van der Waals surface area contributed by atoms with Crippen LogP contribution in [0, 0.1) is 0 Å². The zero-order chi connectivity index (χ0) is 14.2. The topological polar surface area (TPSA) is 38.3 Å². The molecule has 0 amide bonds. The van der Waals surface area contributed by atoms with Crippen LogP contribution in [0.3, 0.4) is 0 Å². The van der Waals surface area contributed by atoms with Crippen molar-refractivity contribution in [1.29, 1.82) is 0 Å². The summed E-state index contributed by atoms with van der Waals surface area (Å²) < 4.78 is 0.531. The third-order valence-corrected chi connectivity index (χ3v) is 4.20. The van der Waals surface area contributed by atoms with E-state index < -0.39 is 0 Å². The SMILES string of the molecule is CCCCCCCCCCCCSC(=S)NOC=O.[H-].[Na+]. The Hall–Kier alpha value is 0.710. The molecule has 0 atom stereocenters. The van der Waals surface area contributed by atoms with E-state index in [2.05, 4.69) is 17.2 Å². The molecule has 0 saturated carbocycles. The van der Waals surface area contributed by atoms with Crippen LogP contribution >= 0.6 is 24.0 Å². The van der Waals surface area contributed by atoms with Crippen molar-refractivity contribution in [3.8, 4) is 0 Å². The summed E-state index contributed by atoms with van der Waals surface area (Å²) in [6, 6.07) is 0. The van der Waals surface area contributed by atoms with Crippen LogP contribution in [-0.2, 0) is 9.63 Å². The Morgan fingerprint density at radius 1 is 1.10 bits per heavy atom. The fraction of sp³-hybridized carbons (Fsp3) is 0.857. The van der Waals surface area contributed by atoms with Crippen LogP contribution in [-0.4, -0.2) is 16.5 Å². The molecule has 0 spiro atoms. The molecule has 0 unspecified atom stereocenters. The van der Waals surface area contributed by atoms with Gasteiger partial charge in [-0.25, -0.2) is 5.48 Å². The van der Waals surface area contributed by atoms with Crippen molar-refractivity contribution < 1.29 is 40.6 Å². The minimum atomic E-state index is 0. The monoisotopic (exact) mass is 329 g/mol. The summed E-state index contributed by atoms with van der Waals surface area (Å²) in [4.78, 5) is 14.3. The minimum Gasteiger partial charge on any atom is -1.00 e. The molecule has 0 heterocycles. The van der Waals surface area contributed by atoms with Gasteiger partial charge in [0.2, 0.25) is 0 Å². The van der Waals surface area contributed by atoms with Gasteiger partial charge in [0.05, 0.1) is 0 Å². The van der Waals surface area contributed by atoms with Crippen LogP contribution in [0.4, 0.5) is 0 Å². The number of nitrogens with one attached hydrogen (secondary N) is 1. The first-order valence-electron chi connectivity index (χ1n) is 7.33. The summed E-state index contributed by atoms with van der Waals surface area (Å²) in [5, 5.41) is 0. The quantitative estimate of drug-likeness (QED) is 0.183. The van der Waals surface area contributed by atoms with Gasteiger partial charge < -0.3 is 6.26 Å². The predicted octanol–water partition coefficient (Wildman–Crippen LogP) is 1.72. The summed E-state index contributed by atoms with van der Waals surface area (Å²) in [6.45, 7) is 2.59. The maximum Gasteiger partial charge on any atom is 1.00 e. The average molecular weight is 330 g/mol. The predicted molar refractivity (Wildman–Crippen MR) is 88.3 cm³/mol. The molecule has 0 aromatic heterocycles. The summed E-state index contributed by atoms with van der Waals surface area (Å²) >= 11 is 6.49. The van der Waals surface area contributed by atoms with E-state index in [9.17, 15) is 4.79 Å². The van der Waals surface area contributed by atoms with Gasteiger partial charge in [0, 0.05) is 5.75 Å². The van der Waals surface area contributed by atoms with Gasteiger partial charge >= 0.3 is 36.0 Å². The number of thioether (sulfide) groups is 1. The summed E-state index contributed by atoms with van der Waals surface area (Å²) in [5.41, 5.74) is 2.39. The zero-order valence-electron chi connectivity index (χ0n) is 14.0.